The van der Waals surface area contributed by atoms with Gasteiger partial charge in [0.2, 0.25) is 0 Å². The van der Waals surface area contributed by atoms with Crippen LogP contribution in [0.1, 0.15) is 42.4 Å². The van der Waals surface area contributed by atoms with E-state index in [1.165, 1.54) is 12.1 Å². The van der Waals surface area contributed by atoms with Crippen LogP contribution >= 0.6 is 11.3 Å². The van der Waals surface area contributed by atoms with Gasteiger partial charge in [-0.05, 0) is 53.1 Å². The van der Waals surface area contributed by atoms with Gasteiger partial charge in [-0.2, -0.15) is 5.10 Å². The number of hydrogen-bond donors (Lipinski definition) is 3. The fourth-order valence-electron chi connectivity index (χ4n) is 4.59. The summed E-state index contributed by atoms with van der Waals surface area (Å²) in [7, 11) is 0. The molecule has 5 aromatic rings. The van der Waals surface area contributed by atoms with Gasteiger partial charge in [0, 0.05) is 23.6 Å². The van der Waals surface area contributed by atoms with Crippen molar-refractivity contribution in [2.24, 2.45) is 0 Å². The molecule has 3 N–H and O–H groups in total. The van der Waals surface area contributed by atoms with Gasteiger partial charge in [0.05, 0.1) is 32.8 Å². The maximum Gasteiger partial charge on any atom is 0.324 e. The third kappa shape index (κ3) is 4.63. The van der Waals surface area contributed by atoms with Gasteiger partial charge < -0.3 is 10.6 Å². The Morgan fingerprint density at radius 3 is 2.67 bits per heavy atom. The molecule has 0 bridgehead atoms. The third-order valence-corrected chi connectivity index (χ3v) is 7.46. The number of aromatic nitrogens is 3. The van der Waals surface area contributed by atoms with Crippen LogP contribution < -0.4 is 16.0 Å². The molecule has 1 aliphatic rings. The van der Waals surface area contributed by atoms with E-state index in [2.05, 4.69) is 20.9 Å². The summed E-state index contributed by atoms with van der Waals surface area (Å²) in [6.45, 7) is 6.52. The number of amides is 3. The van der Waals surface area contributed by atoms with Crippen LogP contribution in [0.2, 0.25) is 0 Å². The molecule has 0 atom stereocenters. The first-order valence-electron chi connectivity index (χ1n) is 12.4. The first kappa shape index (κ1) is 24.7. The number of hydrogen-bond acceptors (Lipinski definition) is 5. The van der Waals surface area contributed by atoms with Crippen LogP contribution in [-0.4, -0.2) is 26.7 Å². The maximum absolute atomic E-state index is 15.1. The molecule has 0 unspecified atom stereocenters. The highest BCUT2D eigenvalue weighted by Gasteiger charge is 2.24. The lowest BCUT2D eigenvalue weighted by atomic mass is 9.92. The van der Waals surface area contributed by atoms with E-state index in [4.69, 9.17) is 5.10 Å². The second kappa shape index (κ2) is 9.32. The minimum atomic E-state index is -0.603. The van der Waals surface area contributed by atoms with E-state index in [-0.39, 0.29) is 17.0 Å². The van der Waals surface area contributed by atoms with Crippen LogP contribution in [0.5, 0.6) is 0 Å². The van der Waals surface area contributed by atoms with Crippen LogP contribution in [0.15, 0.2) is 66.2 Å². The molecule has 0 radical (unpaired) electrons. The van der Waals surface area contributed by atoms with Crippen LogP contribution in [0, 0.1) is 5.82 Å². The molecule has 3 amide bonds. The van der Waals surface area contributed by atoms with Crippen molar-refractivity contribution < 1.29 is 14.0 Å². The molecule has 39 heavy (non-hydrogen) atoms. The lowest BCUT2D eigenvalue weighted by molar-refractivity contribution is 0.0965. The molecule has 0 aliphatic carbocycles. The second-order valence-electron chi connectivity index (χ2n) is 10.4. The van der Waals surface area contributed by atoms with Crippen molar-refractivity contribution in [3.05, 3.63) is 88.8 Å². The zero-order chi connectivity index (χ0) is 27.3. The van der Waals surface area contributed by atoms with E-state index < -0.39 is 11.8 Å². The Morgan fingerprint density at radius 2 is 1.87 bits per heavy atom. The summed E-state index contributed by atoms with van der Waals surface area (Å²) < 4.78 is 17.8. The average molecular weight is 541 g/mol. The predicted octanol–water partition coefficient (Wildman–Crippen LogP) is 6.47. The summed E-state index contributed by atoms with van der Waals surface area (Å²) >= 11 is 1.55. The Labute approximate surface area is 227 Å². The monoisotopic (exact) mass is 540 g/mol. The van der Waals surface area contributed by atoms with Gasteiger partial charge in [-0.25, -0.2) is 18.9 Å². The summed E-state index contributed by atoms with van der Waals surface area (Å²) in [5.74, 6) is -0.279. The smallest absolute Gasteiger partial charge is 0.324 e. The third-order valence-electron chi connectivity index (χ3n) is 6.65. The number of urea groups is 1. The van der Waals surface area contributed by atoms with E-state index in [9.17, 15) is 9.59 Å². The molecule has 0 spiro atoms. The van der Waals surface area contributed by atoms with Gasteiger partial charge in [0.15, 0.2) is 0 Å². The molecular formula is C29H25FN6O2S. The fraction of sp³-hybridized carbons (Fsp3) is 0.172. The molecule has 0 fully saturated rings. The van der Waals surface area contributed by atoms with E-state index in [1.807, 2.05) is 51.1 Å². The molecule has 10 heteroatoms. The van der Waals surface area contributed by atoms with Gasteiger partial charge in [0.1, 0.15) is 11.6 Å². The minimum Gasteiger partial charge on any atom is -0.348 e. The zero-order valence-electron chi connectivity index (χ0n) is 21.5. The minimum absolute atomic E-state index is 0.0315. The van der Waals surface area contributed by atoms with Crippen LogP contribution in [-0.2, 0) is 12.0 Å². The number of benzene rings is 3. The molecule has 1 aliphatic heterocycles. The first-order chi connectivity index (χ1) is 18.7. The highest BCUT2D eigenvalue weighted by atomic mass is 32.1. The Hall–Kier alpha value is -4.57. The number of anilines is 2. The average Bonchev–Trinajstić information content (AvgIpc) is 3.63. The lowest BCUT2D eigenvalue weighted by Gasteiger charge is -2.14. The van der Waals surface area contributed by atoms with Gasteiger partial charge in [-0.1, -0.05) is 39.0 Å². The number of nitrogens with zero attached hydrogens (tertiary/aromatic N) is 3. The Balaban J connectivity index is 1.26. The van der Waals surface area contributed by atoms with Gasteiger partial charge in [-0.3, -0.25) is 10.1 Å². The summed E-state index contributed by atoms with van der Waals surface area (Å²) in [5.41, 5.74) is 6.75. The molecule has 6 rings (SSSR count). The van der Waals surface area contributed by atoms with E-state index >= 15 is 4.39 Å². The van der Waals surface area contributed by atoms with E-state index in [1.54, 1.807) is 39.7 Å². The fourth-order valence-corrected chi connectivity index (χ4v) is 5.25. The number of halogens is 1. The second-order valence-corrected chi connectivity index (χ2v) is 11.3. The largest absolute Gasteiger partial charge is 0.348 e. The maximum atomic E-state index is 15.1. The Bertz CT molecular complexity index is 1770. The number of rotatable bonds is 4. The van der Waals surface area contributed by atoms with Crippen molar-refractivity contribution in [2.45, 2.75) is 32.7 Å². The van der Waals surface area contributed by atoms with Crippen molar-refractivity contribution in [1.29, 1.82) is 0 Å². The van der Waals surface area contributed by atoms with Crippen LogP contribution in [0.3, 0.4) is 0 Å². The molecule has 196 valence electrons. The normalized spacial score (nSPS) is 12.9. The van der Waals surface area contributed by atoms with Crippen molar-refractivity contribution in [1.82, 2.24) is 20.1 Å². The van der Waals surface area contributed by atoms with Gasteiger partial charge >= 0.3 is 6.03 Å². The van der Waals surface area contributed by atoms with Crippen LogP contribution in [0.25, 0.3) is 27.0 Å². The topological polar surface area (TPSA) is 101 Å². The Morgan fingerprint density at radius 1 is 1.05 bits per heavy atom. The number of fused-ring (bicyclic) bond motifs is 2. The molecular weight excluding hydrogens is 515 g/mol. The number of carbonyl (C=O) groups is 2. The molecule has 0 saturated heterocycles. The highest BCUT2D eigenvalue weighted by Crippen LogP contribution is 2.32. The summed E-state index contributed by atoms with van der Waals surface area (Å²) in [6.07, 6.45) is 0. The summed E-state index contributed by atoms with van der Waals surface area (Å²) in [5, 5.41) is 13.0. The molecule has 8 nitrogen and oxygen atoms in total. The molecule has 0 saturated carbocycles. The number of nitrogens with one attached hydrogen (secondary N) is 3. The SMILES string of the molecule is CC(C)(C)c1cc(NC(=O)Nc2ccc(-c3cccc4c3CNC4=O)cc2F)n(-c2ccc3scnc3c2)n1. The van der Waals surface area contributed by atoms with Crippen molar-refractivity contribution in [3.63, 3.8) is 0 Å². The van der Waals surface area contributed by atoms with Crippen molar-refractivity contribution >= 4 is 45.0 Å². The zero-order valence-corrected chi connectivity index (χ0v) is 22.3. The highest BCUT2D eigenvalue weighted by molar-refractivity contribution is 7.16. The van der Waals surface area contributed by atoms with Gasteiger partial charge in [0.25, 0.3) is 5.91 Å². The molecule has 3 aromatic carbocycles. The number of carbonyl (C=O) groups excluding carboxylic acids is 2. The van der Waals surface area contributed by atoms with Crippen molar-refractivity contribution in [2.75, 3.05) is 10.6 Å². The van der Waals surface area contributed by atoms with Crippen molar-refractivity contribution in [3.8, 4) is 16.8 Å². The summed E-state index contributed by atoms with van der Waals surface area (Å²) in [6, 6.07) is 17.0. The first-order valence-corrected chi connectivity index (χ1v) is 13.3. The standard InChI is InChI=1S/C29H25FN6O2S/c1-29(2,3)25-13-26(36(35-25)17-8-10-24-23(12-17)32-15-39-24)34-28(38)33-22-9-7-16(11-21(22)30)18-5-4-6-19-20(18)14-31-27(19)37/h4-13,15H,14H2,1-3H3,(H,31,37)(H2,33,34,38). The summed E-state index contributed by atoms with van der Waals surface area (Å²) in [4.78, 5) is 29.4. The van der Waals surface area contributed by atoms with Gasteiger partial charge in [-0.15, -0.1) is 11.3 Å². The van der Waals surface area contributed by atoms with E-state index in [0.717, 1.165) is 32.7 Å². The Kier molecular flexibility index (Phi) is 5.91. The molecule has 3 heterocycles. The number of thiazole rings is 1. The quantitative estimate of drug-likeness (QED) is 0.243. The van der Waals surface area contributed by atoms with Crippen LogP contribution in [0.4, 0.5) is 20.7 Å². The lowest BCUT2D eigenvalue weighted by Crippen LogP contribution is -2.22. The molecule has 2 aromatic heterocycles. The van der Waals surface area contributed by atoms with E-state index in [0.29, 0.717) is 23.5 Å². The predicted molar refractivity (Wildman–Crippen MR) is 151 cm³/mol.